The van der Waals surface area contributed by atoms with Crippen molar-refractivity contribution in [2.24, 2.45) is 0 Å². The number of hydrogen-bond acceptors (Lipinski definition) is 2. The van der Waals surface area contributed by atoms with Gasteiger partial charge in [-0.2, -0.15) is 0 Å². The molecule has 0 atom stereocenters. The average Bonchev–Trinajstić information content (AvgIpc) is 2.52. The summed E-state index contributed by atoms with van der Waals surface area (Å²) in [5.41, 5.74) is 0. The van der Waals surface area contributed by atoms with Gasteiger partial charge in [0, 0.05) is 6.08 Å². The quantitative estimate of drug-likeness (QED) is 0.176. The molecule has 23 heavy (non-hydrogen) atoms. The van der Waals surface area contributed by atoms with E-state index in [0.717, 1.165) is 18.9 Å². The number of carbonyl (C=O) groups is 1. The second kappa shape index (κ2) is 16.6. The number of carboxylic acids is 1. The van der Waals surface area contributed by atoms with Gasteiger partial charge in [0.15, 0.2) is 0 Å². The Labute approximate surface area is 141 Å². The van der Waals surface area contributed by atoms with Crippen LogP contribution in [0.2, 0.25) is 0 Å². The highest BCUT2D eigenvalue weighted by Gasteiger charge is 1.92. The number of unbranched alkanes of at least 4 members (excludes halogenated alkanes) is 9. The second-order valence-electron chi connectivity index (χ2n) is 5.69. The minimum absolute atomic E-state index is 0.261. The van der Waals surface area contributed by atoms with Gasteiger partial charge in [0.05, 0.1) is 0 Å². The van der Waals surface area contributed by atoms with Crippen molar-refractivity contribution in [3.05, 3.63) is 48.3 Å². The molecule has 130 valence electrons. The average molecular weight is 320 g/mol. The molecule has 0 unspecified atom stereocenters. The molecule has 0 aromatic carbocycles. The Morgan fingerprint density at radius 3 is 1.83 bits per heavy atom. The molecule has 0 bridgehead atoms. The van der Waals surface area contributed by atoms with E-state index >= 15 is 0 Å². The number of allylic oxidation sites excluding steroid dienone is 6. The second-order valence-corrected chi connectivity index (χ2v) is 5.69. The highest BCUT2D eigenvalue weighted by Crippen LogP contribution is 2.11. The monoisotopic (exact) mass is 320 g/mol. The summed E-state index contributed by atoms with van der Waals surface area (Å²) < 4.78 is 0. The molecule has 0 radical (unpaired) electrons. The maximum Gasteiger partial charge on any atom is 0.328 e. The zero-order valence-corrected chi connectivity index (χ0v) is 14.4. The molecule has 0 saturated carbocycles. The summed E-state index contributed by atoms with van der Waals surface area (Å²) in [6, 6.07) is 0. The third-order valence-electron chi connectivity index (χ3n) is 3.50. The van der Waals surface area contributed by atoms with E-state index in [9.17, 15) is 9.90 Å². The minimum Gasteiger partial charge on any atom is -0.508 e. The van der Waals surface area contributed by atoms with Crippen molar-refractivity contribution in [1.29, 1.82) is 0 Å². The molecule has 0 aromatic rings. The summed E-state index contributed by atoms with van der Waals surface area (Å²) in [7, 11) is 0. The molecule has 3 nitrogen and oxygen atoms in total. The highest BCUT2D eigenvalue weighted by molar-refractivity contribution is 5.80. The van der Waals surface area contributed by atoms with E-state index in [-0.39, 0.29) is 5.76 Å². The first-order chi connectivity index (χ1) is 11.2. The highest BCUT2D eigenvalue weighted by atomic mass is 16.4. The first-order valence-corrected chi connectivity index (χ1v) is 8.80. The van der Waals surface area contributed by atoms with E-state index in [2.05, 4.69) is 6.92 Å². The topological polar surface area (TPSA) is 57.5 Å². The molecule has 0 spiro atoms. The van der Waals surface area contributed by atoms with E-state index in [1.54, 1.807) is 24.3 Å². The van der Waals surface area contributed by atoms with Crippen molar-refractivity contribution in [2.75, 3.05) is 0 Å². The summed E-state index contributed by atoms with van der Waals surface area (Å²) in [6.45, 7) is 2.24. The van der Waals surface area contributed by atoms with E-state index in [0.29, 0.717) is 0 Å². The molecule has 0 aliphatic carbocycles. The third-order valence-corrected chi connectivity index (χ3v) is 3.50. The Morgan fingerprint density at radius 2 is 1.26 bits per heavy atom. The molecule has 0 saturated heterocycles. The maximum absolute atomic E-state index is 10.2. The normalized spacial score (nSPS) is 12.8. The first-order valence-electron chi connectivity index (χ1n) is 8.80. The van der Waals surface area contributed by atoms with Gasteiger partial charge in [-0.05, 0) is 25.0 Å². The summed E-state index contributed by atoms with van der Waals surface area (Å²) in [6.07, 6.45) is 23.5. The Morgan fingerprint density at radius 1 is 0.739 bits per heavy atom. The van der Waals surface area contributed by atoms with Crippen molar-refractivity contribution in [3.63, 3.8) is 0 Å². The van der Waals surface area contributed by atoms with Crippen LogP contribution in [0.5, 0.6) is 0 Å². The summed E-state index contributed by atoms with van der Waals surface area (Å²) in [5.74, 6) is -0.709. The van der Waals surface area contributed by atoms with Crippen LogP contribution >= 0.6 is 0 Å². The van der Waals surface area contributed by atoms with Crippen molar-refractivity contribution in [3.8, 4) is 0 Å². The predicted octanol–water partition coefficient (Wildman–Crippen LogP) is 6.10. The van der Waals surface area contributed by atoms with Gasteiger partial charge in [-0.3, -0.25) is 0 Å². The zero-order chi connectivity index (χ0) is 17.2. The number of aliphatic hydroxyl groups excluding tert-OH is 1. The van der Waals surface area contributed by atoms with Crippen LogP contribution in [0.15, 0.2) is 48.3 Å². The lowest BCUT2D eigenvalue weighted by atomic mass is 10.1. The van der Waals surface area contributed by atoms with Gasteiger partial charge in [0.25, 0.3) is 0 Å². The molecule has 0 aromatic heterocycles. The van der Waals surface area contributed by atoms with Crippen molar-refractivity contribution < 1.29 is 15.0 Å². The fraction of sp³-hybridized carbons (Fsp3) is 0.550. The van der Waals surface area contributed by atoms with Crippen molar-refractivity contribution in [1.82, 2.24) is 0 Å². The Bertz CT molecular complexity index is 403. The molecule has 0 aliphatic heterocycles. The summed E-state index contributed by atoms with van der Waals surface area (Å²) in [5, 5.41) is 18.0. The van der Waals surface area contributed by atoms with Gasteiger partial charge in [0.1, 0.15) is 5.76 Å². The zero-order valence-electron chi connectivity index (χ0n) is 14.4. The molecule has 2 N–H and O–H groups in total. The number of carboxylic acid groups (broad SMARTS) is 1. The Kier molecular flexibility index (Phi) is 15.3. The predicted molar refractivity (Wildman–Crippen MR) is 97.6 cm³/mol. The number of aliphatic carboxylic acids is 1. The van der Waals surface area contributed by atoms with Crippen LogP contribution in [-0.4, -0.2) is 16.2 Å². The minimum atomic E-state index is -0.970. The van der Waals surface area contributed by atoms with E-state index in [4.69, 9.17) is 5.11 Å². The lowest BCUT2D eigenvalue weighted by Crippen LogP contribution is -1.84. The van der Waals surface area contributed by atoms with Gasteiger partial charge in [-0.1, -0.05) is 82.6 Å². The van der Waals surface area contributed by atoms with Crippen LogP contribution < -0.4 is 0 Å². The maximum atomic E-state index is 10.2. The van der Waals surface area contributed by atoms with Gasteiger partial charge < -0.3 is 10.2 Å². The lowest BCUT2D eigenvalue weighted by molar-refractivity contribution is -0.131. The number of aliphatic hydroxyl groups is 1. The first kappa shape index (κ1) is 21.2. The fourth-order valence-corrected chi connectivity index (χ4v) is 2.19. The molecule has 0 fully saturated rings. The fourth-order valence-electron chi connectivity index (χ4n) is 2.19. The molecule has 3 heteroatoms. The smallest absolute Gasteiger partial charge is 0.328 e. The van der Waals surface area contributed by atoms with Crippen LogP contribution in [-0.2, 0) is 4.79 Å². The molecular weight excluding hydrogens is 288 g/mol. The summed E-state index contributed by atoms with van der Waals surface area (Å²) in [4.78, 5) is 10.2. The Hall–Kier alpha value is -1.77. The van der Waals surface area contributed by atoms with Gasteiger partial charge in [-0.15, -0.1) is 0 Å². The van der Waals surface area contributed by atoms with Crippen LogP contribution in [0.3, 0.4) is 0 Å². The van der Waals surface area contributed by atoms with Crippen LogP contribution in [0.25, 0.3) is 0 Å². The number of rotatable bonds is 14. The van der Waals surface area contributed by atoms with E-state index in [1.165, 1.54) is 57.4 Å². The molecule has 0 aliphatic rings. The largest absolute Gasteiger partial charge is 0.508 e. The van der Waals surface area contributed by atoms with Crippen LogP contribution in [0.4, 0.5) is 0 Å². The molecular formula is C20H32O3. The molecule has 0 heterocycles. The molecule has 0 amide bonds. The van der Waals surface area contributed by atoms with Crippen molar-refractivity contribution >= 4 is 5.97 Å². The number of hydrogen-bond donors (Lipinski definition) is 2. The third kappa shape index (κ3) is 18.2. The van der Waals surface area contributed by atoms with Gasteiger partial charge in [-0.25, -0.2) is 4.79 Å². The molecule has 0 rings (SSSR count). The Balaban J connectivity index is 3.57. The summed E-state index contributed by atoms with van der Waals surface area (Å²) >= 11 is 0. The van der Waals surface area contributed by atoms with Gasteiger partial charge in [0.2, 0.25) is 0 Å². The SMILES string of the molecule is CCCCCCCCCCCC=C(O)C=CC=CC=CC(=O)O. The lowest BCUT2D eigenvalue weighted by Gasteiger charge is -2.00. The standard InChI is InChI=1S/C20H32O3/c1-2-3-4-5-6-7-8-9-10-13-16-19(21)17-14-11-12-15-18-20(22)23/h11-12,14-18,21H,2-10,13H2,1H3,(H,22,23). The van der Waals surface area contributed by atoms with Crippen LogP contribution in [0.1, 0.15) is 71.1 Å². The van der Waals surface area contributed by atoms with E-state index < -0.39 is 5.97 Å². The van der Waals surface area contributed by atoms with Crippen LogP contribution in [0, 0.1) is 0 Å². The van der Waals surface area contributed by atoms with Gasteiger partial charge >= 0.3 is 5.97 Å². The van der Waals surface area contributed by atoms with E-state index in [1.807, 2.05) is 6.08 Å². The van der Waals surface area contributed by atoms with Crippen molar-refractivity contribution in [2.45, 2.75) is 71.1 Å².